The number of allylic oxidation sites excluding steroid dienone is 4. The van der Waals surface area contributed by atoms with E-state index in [1.807, 2.05) is 0 Å². The maximum absolute atomic E-state index is 9.75. The van der Waals surface area contributed by atoms with Crippen LogP contribution in [0.3, 0.4) is 0 Å². The summed E-state index contributed by atoms with van der Waals surface area (Å²) in [5.41, 5.74) is 0. The molecule has 0 bridgehead atoms. The number of halogens is 12. The van der Waals surface area contributed by atoms with Gasteiger partial charge in [0.15, 0.2) is 0 Å². The van der Waals surface area contributed by atoms with Gasteiger partial charge in [-0.3, -0.25) is 9.59 Å². The van der Waals surface area contributed by atoms with Gasteiger partial charge in [-0.05, 0) is 6.08 Å². The Morgan fingerprint density at radius 1 is 0.733 bits per heavy atom. The molecule has 0 fully saturated rings. The number of hydrogen-bond acceptors (Lipinski definition) is 2. The van der Waals surface area contributed by atoms with Crippen molar-refractivity contribution in [3.63, 3.8) is 0 Å². The summed E-state index contributed by atoms with van der Waals surface area (Å²) in [6.07, 6.45) is 12.3. The predicted molar refractivity (Wildman–Crippen MR) is 94.0 cm³/mol. The van der Waals surface area contributed by atoms with Crippen LogP contribution in [0.25, 0.3) is 0 Å². The summed E-state index contributed by atoms with van der Waals surface area (Å²) < 4.78 is 117. The van der Waals surface area contributed by atoms with Gasteiger partial charge in [0, 0.05) is 17.3 Å². The van der Waals surface area contributed by atoms with E-state index in [2.05, 4.69) is 51.2 Å². The van der Waals surface area contributed by atoms with Gasteiger partial charge < -0.3 is 58.7 Å². The molecule has 0 heterocycles. The van der Waals surface area contributed by atoms with Crippen molar-refractivity contribution >= 4 is 46.2 Å². The van der Waals surface area contributed by atoms with E-state index in [0.717, 1.165) is 0 Å². The van der Waals surface area contributed by atoms with E-state index in [1.165, 1.54) is 6.42 Å². The fourth-order valence-electron chi connectivity index (χ4n) is 0.730. The first kappa shape index (κ1) is 47.0. The van der Waals surface area contributed by atoms with Crippen LogP contribution >= 0.6 is 0 Å². The second-order valence-electron chi connectivity index (χ2n) is 3.57. The summed E-state index contributed by atoms with van der Waals surface area (Å²) >= 11 is 0. The summed E-state index contributed by atoms with van der Waals surface area (Å²) in [5, 5.41) is 0. The Bertz CT molecular complexity index is 356. The maximum atomic E-state index is 9.75. The number of hydrogen-bond donors (Lipinski definition) is 0. The quantitative estimate of drug-likeness (QED) is 0.191. The molecule has 19 heteroatoms. The molecule has 0 atom stereocenters. The fraction of sp³-hybridized carbons (Fsp3) is 0.364. The zero-order chi connectivity index (χ0) is 25.5. The third-order valence-electron chi connectivity index (χ3n) is 1.26. The van der Waals surface area contributed by atoms with Crippen LogP contribution in [0.2, 0.25) is 0 Å². The van der Waals surface area contributed by atoms with Gasteiger partial charge in [0.25, 0.3) is 13.6 Å². The van der Waals surface area contributed by atoms with E-state index in [0.29, 0.717) is 10.9 Å². The molecule has 0 saturated carbocycles. The molecule has 0 unspecified atom stereocenters. The van der Waals surface area contributed by atoms with Gasteiger partial charge in [0.2, 0.25) is 0 Å². The van der Waals surface area contributed by atoms with E-state index in [4.69, 9.17) is 9.59 Å². The molecule has 0 saturated heterocycles. The van der Waals surface area contributed by atoms with Crippen molar-refractivity contribution < 1.29 is 78.4 Å². The molecule has 1 aliphatic carbocycles. The summed E-state index contributed by atoms with van der Waals surface area (Å²) in [6, 6.07) is 0. The monoisotopic (exact) mass is 529 g/mol. The molecule has 179 valence electrons. The van der Waals surface area contributed by atoms with E-state index >= 15 is 0 Å². The summed E-state index contributed by atoms with van der Waals surface area (Å²) in [5.74, 6) is 0. The molecule has 0 aromatic carbocycles. The molecule has 30 heavy (non-hydrogen) atoms. The molecular formula is C11H16B3F12FeO2S. The molecule has 0 aromatic heterocycles. The van der Waals surface area contributed by atoms with Gasteiger partial charge in [-0.25, -0.2) is 0 Å². The molecule has 0 spiro atoms. The molecule has 1 rings (SSSR count). The molecule has 2 nitrogen and oxygen atoms in total. The molecule has 5 radical (unpaired) electrons. The van der Waals surface area contributed by atoms with Gasteiger partial charge in [0.05, 0.1) is 0 Å². The second-order valence-corrected chi connectivity index (χ2v) is 5.72. The van der Waals surface area contributed by atoms with Crippen LogP contribution in [0.15, 0.2) is 23.1 Å². The standard InChI is InChI=1S/C7H11S.C2H5.2CO.3BF4.Fe/c1-8(2)7-5-3-4-6-7;3*1-2;3*2-1(3,4)5;/h3-5H,6H2,1-2H3;1H2,2H3;;;;;;/q+1;-1;;;3*-1;+3. The zero-order valence-corrected chi connectivity index (χ0v) is 17.4. The number of carbonyl (C=O) groups excluding carboxylic acids is 2. The van der Waals surface area contributed by atoms with Crippen molar-refractivity contribution in [2.45, 2.75) is 13.3 Å². The Labute approximate surface area is 181 Å². The first-order chi connectivity index (χ1) is 12.8. The van der Waals surface area contributed by atoms with Crippen molar-refractivity contribution in [2.75, 3.05) is 12.5 Å². The van der Waals surface area contributed by atoms with Crippen LogP contribution < -0.4 is 0 Å². The fourth-order valence-corrected chi connectivity index (χ4v) is 1.51. The van der Waals surface area contributed by atoms with E-state index in [9.17, 15) is 51.8 Å². The van der Waals surface area contributed by atoms with Crippen LogP contribution in [-0.4, -0.2) is 47.9 Å². The van der Waals surface area contributed by atoms with Crippen molar-refractivity contribution in [3.05, 3.63) is 30.1 Å². The molecule has 0 N–H and O–H groups in total. The average molecular weight is 529 g/mol. The maximum Gasteiger partial charge on any atom is 3.00 e. The largest absolute Gasteiger partial charge is 3.00 e. The minimum atomic E-state index is -6.00. The van der Waals surface area contributed by atoms with Gasteiger partial charge in [0.1, 0.15) is 17.4 Å². The Hall–Kier alpha value is -0.956. The van der Waals surface area contributed by atoms with Gasteiger partial charge in [-0.15, -0.1) is 0 Å². The van der Waals surface area contributed by atoms with Crippen molar-refractivity contribution in [1.29, 1.82) is 0 Å². The van der Waals surface area contributed by atoms with Gasteiger partial charge >= 0.3 is 38.8 Å². The van der Waals surface area contributed by atoms with Crippen molar-refractivity contribution in [3.8, 4) is 0 Å². The van der Waals surface area contributed by atoms with E-state index in [-0.39, 0.29) is 17.1 Å². The third-order valence-corrected chi connectivity index (χ3v) is 2.61. The predicted octanol–water partition coefficient (Wildman–Crippen LogP) is 5.65. The van der Waals surface area contributed by atoms with Crippen LogP contribution in [0.5, 0.6) is 0 Å². The first-order valence-electron chi connectivity index (χ1n) is 6.47. The molecular weight excluding hydrogens is 512 g/mol. The summed E-state index contributed by atoms with van der Waals surface area (Å²) in [7, 11) is -17.5. The summed E-state index contributed by atoms with van der Waals surface area (Å²) in [6.45, 7) is 14.0. The van der Waals surface area contributed by atoms with Crippen LogP contribution in [0, 0.1) is 6.92 Å². The zero-order valence-electron chi connectivity index (χ0n) is 15.5. The molecule has 1 aliphatic rings. The van der Waals surface area contributed by atoms with Crippen molar-refractivity contribution in [2.24, 2.45) is 0 Å². The topological polar surface area (TPSA) is 34.1 Å². The van der Waals surface area contributed by atoms with Crippen molar-refractivity contribution in [1.82, 2.24) is 0 Å². The Morgan fingerprint density at radius 3 is 1.00 bits per heavy atom. The van der Waals surface area contributed by atoms with E-state index < -0.39 is 21.8 Å². The Morgan fingerprint density at radius 2 is 0.933 bits per heavy atom. The minimum absolute atomic E-state index is 0. The van der Waals surface area contributed by atoms with E-state index in [1.54, 1.807) is 11.8 Å². The van der Waals surface area contributed by atoms with Crippen LogP contribution in [-0.2, 0) is 37.6 Å². The Kier molecular flexibility index (Phi) is 43.9. The first-order valence-corrected chi connectivity index (χ1v) is 8.51. The van der Waals surface area contributed by atoms with Crippen LogP contribution in [0.1, 0.15) is 13.3 Å². The smallest absolute Gasteiger partial charge is 0.418 e. The second kappa shape index (κ2) is 28.0. The SMILES string of the molecule is C[S+](C)C1=CC=CC1.F[B-](F)(F)F.F[B-](F)(F)F.F[B-](F)(F)F.[CH2-]C.[C]=O.[C]=O.[Fe+3]. The Balaban J connectivity index is -0.0000000437. The van der Waals surface area contributed by atoms with Gasteiger partial charge in [-0.1, -0.05) is 12.2 Å². The van der Waals surface area contributed by atoms with Gasteiger partial charge in [-0.2, -0.15) is 6.92 Å². The average Bonchev–Trinajstić information content (AvgIpc) is 3.03. The minimum Gasteiger partial charge on any atom is -0.418 e. The normalized spacial score (nSPS) is 11.2. The molecule has 0 aromatic rings. The molecule has 0 aliphatic heterocycles. The summed E-state index contributed by atoms with van der Waals surface area (Å²) in [4.78, 5) is 16.6. The third kappa shape index (κ3) is 182. The van der Waals surface area contributed by atoms with Crippen LogP contribution in [0.4, 0.5) is 51.8 Å². The number of rotatable bonds is 1. The molecule has 0 amide bonds.